The van der Waals surface area contributed by atoms with E-state index in [4.69, 9.17) is 5.73 Å². The van der Waals surface area contributed by atoms with Crippen LogP contribution in [0.1, 0.15) is 64.7 Å². The lowest BCUT2D eigenvalue weighted by Gasteiger charge is -2.40. The van der Waals surface area contributed by atoms with Crippen molar-refractivity contribution in [1.82, 2.24) is 9.80 Å². The Hall–Kier alpha value is -0.610. The van der Waals surface area contributed by atoms with E-state index in [2.05, 4.69) is 16.7 Å². The van der Waals surface area contributed by atoms with Crippen LogP contribution in [0, 0.1) is 11.8 Å². The van der Waals surface area contributed by atoms with Gasteiger partial charge in [0.25, 0.3) is 0 Å². The van der Waals surface area contributed by atoms with Crippen LogP contribution < -0.4 is 5.73 Å². The molecule has 3 rings (SSSR count). The molecule has 2 saturated heterocycles. The molecule has 0 aromatic carbocycles. The Morgan fingerprint density at radius 1 is 1.04 bits per heavy atom. The smallest absolute Gasteiger partial charge is 0.222 e. The molecule has 1 amide bonds. The zero-order valence-corrected chi connectivity index (χ0v) is 14.9. The van der Waals surface area contributed by atoms with Gasteiger partial charge in [-0.15, -0.1) is 0 Å². The Morgan fingerprint density at radius 2 is 1.91 bits per heavy atom. The Kier molecular flexibility index (Phi) is 5.97. The quantitative estimate of drug-likeness (QED) is 0.866. The predicted molar refractivity (Wildman–Crippen MR) is 94.1 cm³/mol. The molecular formula is C19H35N3O. The molecule has 0 bridgehead atoms. The highest BCUT2D eigenvalue weighted by molar-refractivity contribution is 5.76. The van der Waals surface area contributed by atoms with Gasteiger partial charge in [-0.05, 0) is 63.8 Å². The van der Waals surface area contributed by atoms with E-state index >= 15 is 0 Å². The zero-order chi connectivity index (χ0) is 16.2. The maximum absolute atomic E-state index is 12.7. The first-order valence-electron chi connectivity index (χ1n) is 9.91. The molecular weight excluding hydrogens is 286 g/mol. The van der Waals surface area contributed by atoms with Gasteiger partial charge in [-0.1, -0.05) is 12.8 Å². The highest BCUT2D eigenvalue weighted by Crippen LogP contribution is 2.29. The molecule has 0 aromatic rings. The minimum atomic E-state index is 0.258. The summed E-state index contributed by atoms with van der Waals surface area (Å²) in [5.41, 5.74) is 6.15. The lowest BCUT2D eigenvalue weighted by Crippen LogP contribution is -2.47. The van der Waals surface area contributed by atoms with Gasteiger partial charge in [0.05, 0.1) is 0 Å². The fourth-order valence-electron chi connectivity index (χ4n) is 4.87. The second-order valence-electron chi connectivity index (χ2n) is 8.25. The van der Waals surface area contributed by atoms with Crippen molar-refractivity contribution in [2.75, 3.05) is 26.2 Å². The molecule has 1 aliphatic carbocycles. The molecule has 1 saturated carbocycles. The van der Waals surface area contributed by atoms with Gasteiger partial charge in [0, 0.05) is 38.1 Å². The van der Waals surface area contributed by atoms with Gasteiger partial charge < -0.3 is 15.5 Å². The molecule has 2 heterocycles. The minimum absolute atomic E-state index is 0.258. The van der Waals surface area contributed by atoms with E-state index in [1.54, 1.807) is 0 Å². The van der Waals surface area contributed by atoms with E-state index in [9.17, 15) is 4.79 Å². The third-order valence-electron chi connectivity index (χ3n) is 6.46. The normalized spacial score (nSPS) is 36.3. The fourth-order valence-corrected chi connectivity index (χ4v) is 4.87. The van der Waals surface area contributed by atoms with Gasteiger partial charge in [-0.25, -0.2) is 0 Å². The van der Waals surface area contributed by atoms with Crippen molar-refractivity contribution in [1.29, 1.82) is 0 Å². The highest BCUT2D eigenvalue weighted by atomic mass is 16.2. The van der Waals surface area contributed by atoms with Crippen molar-refractivity contribution in [2.24, 2.45) is 17.6 Å². The summed E-state index contributed by atoms with van der Waals surface area (Å²) in [4.78, 5) is 17.5. The molecule has 4 nitrogen and oxygen atoms in total. The fraction of sp³-hybridized carbons (Fsp3) is 0.947. The summed E-state index contributed by atoms with van der Waals surface area (Å²) in [6.45, 7) is 6.75. The molecule has 2 unspecified atom stereocenters. The average Bonchev–Trinajstić information content (AvgIpc) is 2.95. The standard InChI is InChI=1S/C19H35N3O/c1-15-6-2-3-10-21(15)13-16-7-5-11-22(14-16)19(23)12-17-8-4-9-18(17)20/h15-18H,2-14,20H2,1H3/t15?,16?,17-,18+/m0/s1. The number of hydrogen-bond acceptors (Lipinski definition) is 3. The first-order chi connectivity index (χ1) is 11.1. The summed E-state index contributed by atoms with van der Waals surface area (Å²) in [6, 6.07) is 0.986. The number of rotatable bonds is 4. The van der Waals surface area contributed by atoms with E-state index in [0.29, 0.717) is 24.2 Å². The van der Waals surface area contributed by atoms with Gasteiger partial charge in [-0.3, -0.25) is 4.79 Å². The molecule has 132 valence electrons. The van der Waals surface area contributed by atoms with E-state index in [1.165, 1.54) is 51.6 Å². The highest BCUT2D eigenvalue weighted by Gasteiger charge is 2.31. The molecule has 4 heteroatoms. The summed E-state index contributed by atoms with van der Waals surface area (Å²) in [5.74, 6) is 1.47. The van der Waals surface area contributed by atoms with Crippen LogP contribution in [0.5, 0.6) is 0 Å². The Bertz CT molecular complexity index is 400. The van der Waals surface area contributed by atoms with Gasteiger partial charge in [-0.2, -0.15) is 0 Å². The van der Waals surface area contributed by atoms with Crippen LogP contribution in [0.4, 0.5) is 0 Å². The number of nitrogens with zero attached hydrogens (tertiary/aromatic N) is 2. The van der Waals surface area contributed by atoms with E-state index < -0.39 is 0 Å². The van der Waals surface area contributed by atoms with Crippen LogP contribution >= 0.6 is 0 Å². The van der Waals surface area contributed by atoms with Gasteiger partial charge in [0.2, 0.25) is 5.91 Å². The molecule has 3 aliphatic rings. The monoisotopic (exact) mass is 321 g/mol. The number of hydrogen-bond donors (Lipinski definition) is 1. The van der Waals surface area contributed by atoms with Crippen LogP contribution in [-0.2, 0) is 4.79 Å². The lowest BCUT2D eigenvalue weighted by atomic mass is 9.93. The molecule has 0 spiro atoms. The third-order valence-corrected chi connectivity index (χ3v) is 6.46. The summed E-state index contributed by atoms with van der Waals surface area (Å²) >= 11 is 0. The van der Waals surface area contributed by atoms with Crippen molar-refractivity contribution in [3.8, 4) is 0 Å². The maximum Gasteiger partial charge on any atom is 0.222 e. The van der Waals surface area contributed by atoms with E-state index in [0.717, 1.165) is 32.0 Å². The van der Waals surface area contributed by atoms with Gasteiger partial charge in [0.1, 0.15) is 0 Å². The number of nitrogens with two attached hydrogens (primary N) is 1. The summed E-state index contributed by atoms with van der Waals surface area (Å²) in [5, 5.41) is 0. The van der Waals surface area contributed by atoms with Gasteiger partial charge >= 0.3 is 0 Å². The Morgan fingerprint density at radius 3 is 2.65 bits per heavy atom. The first kappa shape index (κ1) is 17.2. The van der Waals surface area contributed by atoms with Gasteiger partial charge in [0.15, 0.2) is 0 Å². The second kappa shape index (κ2) is 7.98. The molecule has 3 fully saturated rings. The molecule has 0 aromatic heterocycles. The molecule has 2 aliphatic heterocycles. The predicted octanol–water partition coefficient (Wildman–Crippen LogP) is 2.62. The first-order valence-corrected chi connectivity index (χ1v) is 9.91. The van der Waals surface area contributed by atoms with Crippen molar-refractivity contribution < 1.29 is 4.79 Å². The summed E-state index contributed by atoms with van der Waals surface area (Å²) < 4.78 is 0. The number of amides is 1. The topological polar surface area (TPSA) is 49.6 Å². The second-order valence-corrected chi connectivity index (χ2v) is 8.25. The number of carbonyl (C=O) groups is 1. The molecule has 4 atom stereocenters. The SMILES string of the molecule is CC1CCCCN1CC1CCCN(C(=O)C[C@@H]2CCC[C@H]2N)C1. The zero-order valence-electron chi connectivity index (χ0n) is 14.9. The van der Waals surface area contributed by atoms with Crippen molar-refractivity contribution >= 4 is 5.91 Å². The maximum atomic E-state index is 12.7. The van der Waals surface area contributed by atoms with E-state index in [1.807, 2.05) is 0 Å². The minimum Gasteiger partial charge on any atom is -0.342 e. The average molecular weight is 322 g/mol. The molecule has 2 N–H and O–H groups in total. The third kappa shape index (κ3) is 4.48. The lowest BCUT2D eigenvalue weighted by molar-refractivity contribution is -0.134. The van der Waals surface area contributed by atoms with Crippen LogP contribution in [0.25, 0.3) is 0 Å². The number of likely N-dealkylation sites (tertiary alicyclic amines) is 2. The number of piperidine rings is 2. The molecule has 23 heavy (non-hydrogen) atoms. The largest absolute Gasteiger partial charge is 0.342 e. The Labute approximate surface area is 141 Å². The van der Waals surface area contributed by atoms with E-state index in [-0.39, 0.29) is 6.04 Å². The van der Waals surface area contributed by atoms with Crippen LogP contribution in [0.15, 0.2) is 0 Å². The summed E-state index contributed by atoms with van der Waals surface area (Å²) in [6.07, 6.45) is 10.7. The van der Waals surface area contributed by atoms with Crippen LogP contribution in [0.3, 0.4) is 0 Å². The number of carbonyl (C=O) groups excluding carboxylic acids is 1. The molecule has 0 radical (unpaired) electrons. The van der Waals surface area contributed by atoms with Crippen molar-refractivity contribution in [3.63, 3.8) is 0 Å². The summed E-state index contributed by atoms with van der Waals surface area (Å²) in [7, 11) is 0. The van der Waals surface area contributed by atoms with Crippen molar-refractivity contribution in [2.45, 2.75) is 76.8 Å². The van der Waals surface area contributed by atoms with Crippen molar-refractivity contribution in [3.05, 3.63) is 0 Å². The van der Waals surface area contributed by atoms with Crippen LogP contribution in [0.2, 0.25) is 0 Å². The Balaban J connectivity index is 1.48. The van der Waals surface area contributed by atoms with Crippen LogP contribution in [-0.4, -0.2) is 54.0 Å².